The highest BCUT2D eigenvalue weighted by Gasteiger charge is 2.16. The Morgan fingerprint density at radius 3 is 2.78 bits per heavy atom. The lowest BCUT2D eigenvalue weighted by molar-refractivity contribution is -0.122. The second kappa shape index (κ2) is 5.36. The molecule has 0 N–H and O–H groups in total. The van der Waals surface area contributed by atoms with Crippen LogP contribution in [0.5, 0.6) is 5.75 Å². The normalized spacial score (nSPS) is 12.4. The molecule has 0 fully saturated rings. The molecule has 0 aliphatic heterocycles. The summed E-state index contributed by atoms with van der Waals surface area (Å²) < 4.78 is 7.40. The number of nitrogens with zero attached hydrogens (tertiary/aromatic N) is 1. The molecule has 94 valence electrons. The van der Waals surface area contributed by atoms with E-state index in [-0.39, 0.29) is 5.78 Å². The van der Waals surface area contributed by atoms with Gasteiger partial charge in [-0.25, -0.2) is 0 Å². The molecule has 0 amide bonds. The van der Waals surface area contributed by atoms with E-state index >= 15 is 0 Å². The van der Waals surface area contributed by atoms with Crippen molar-refractivity contribution in [1.82, 2.24) is 4.98 Å². The zero-order chi connectivity index (χ0) is 13.3. The Morgan fingerprint density at radius 2 is 2.11 bits per heavy atom. The first kappa shape index (κ1) is 13.5. The van der Waals surface area contributed by atoms with Crippen LogP contribution in [0.1, 0.15) is 13.8 Å². The van der Waals surface area contributed by atoms with Crippen LogP contribution in [0.4, 0.5) is 0 Å². The summed E-state index contributed by atoms with van der Waals surface area (Å²) in [7, 11) is 0. The number of ketones is 1. The highest BCUT2D eigenvalue weighted by molar-refractivity contribution is 9.11. The molecule has 1 unspecified atom stereocenters. The first-order valence-corrected chi connectivity index (χ1v) is 6.99. The lowest BCUT2D eigenvalue weighted by Crippen LogP contribution is -2.21. The van der Waals surface area contributed by atoms with E-state index in [9.17, 15) is 4.79 Å². The smallest absolute Gasteiger partial charge is 0.169 e. The summed E-state index contributed by atoms with van der Waals surface area (Å²) in [6.07, 6.45) is 1.21. The second-order valence-electron chi connectivity index (χ2n) is 3.94. The predicted molar refractivity (Wildman–Crippen MR) is 77.9 cm³/mol. The maximum absolute atomic E-state index is 11.3. The summed E-state index contributed by atoms with van der Waals surface area (Å²) in [4.78, 5) is 15.6. The van der Waals surface area contributed by atoms with E-state index in [0.29, 0.717) is 5.75 Å². The number of benzene rings is 1. The minimum Gasteiger partial charge on any atom is -0.479 e. The quantitative estimate of drug-likeness (QED) is 0.813. The van der Waals surface area contributed by atoms with Crippen LogP contribution < -0.4 is 4.74 Å². The van der Waals surface area contributed by atoms with Crippen molar-refractivity contribution >= 4 is 48.5 Å². The second-order valence-corrected chi connectivity index (χ2v) is 5.65. The predicted octanol–water partition coefficient (Wildman–Crippen LogP) is 4.12. The van der Waals surface area contributed by atoms with Gasteiger partial charge >= 0.3 is 0 Å². The summed E-state index contributed by atoms with van der Waals surface area (Å²) >= 11 is 6.92. The summed E-state index contributed by atoms with van der Waals surface area (Å²) in [5, 5.41) is 0.950. The number of ether oxygens (including phenoxy) is 1. The fraction of sp³-hybridized carbons (Fsp3) is 0.231. The van der Waals surface area contributed by atoms with Crippen molar-refractivity contribution in [3.05, 3.63) is 33.3 Å². The third-order valence-electron chi connectivity index (χ3n) is 2.62. The lowest BCUT2D eigenvalue weighted by atomic mass is 10.2. The molecule has 0 saturated carbocycles. The maximum atomic E-state index is 11.3. The van der Waals surface area contributed by atoms with Crippen LogP contribution in [0.2, 0.25) is 0 Å². The summed E-state index contributed by atoms with van der Waals surface area (Å²) in [5.41, 5.74) is 0.729. The van der Waals surface area contributed by atoms with Gasteiger partial charge in [-0.3, -0.25) is 9.78 Å². The minimum absolute atomic E-state index is 0.0195. The average Bonchev–Trinajstić information content (AvgIpc) is 2.34. The Labute approximate surface area is 122 Å². The molecular formula is C13H11Br2NO2. The van der Waals surface area contributed by atoms with Crippen LogP contribution in [0.15, 0.2) is 33.3 Å². The number of Topliss-reactive ketones (excluding diaryl/α,β-unsaturated/α-hetero) is 1. The Bertz CT molecular complexity index is 613. The molecule has 0 radical (unpaired) electrons. The molecule has 2 aromatic rings. The van der Waals surface area contributed by atoms with E-state index in [1.807, 2.05) is 18.2 Å². The maximum Gasteiger partial charge on any atom is 0.169 e. The molecule has 18 heavy (non-hydrogen) atoms. The third-order valence-corrected chi connectivity index (χ3v) is 3.86. The van der Waals surface area contributed by atoms with Crippen molar-refractivity contribution in [3.8, 4) is 5.75 Å². The van der Waals surface area contributed by atoms with Crippen LogP contribution in [0.3, 0.4) is 0 Å². The fourth-order valence-corrected chi connectivity index (χ4v) is 2.88. The number of rotatable bonds is 3. The van der Waals surface area contributed by atoms with Gasteiger partial charge in [-0.1, -0.05) is 22.0 Å². The minimum atomic E-state index is -0.493. The molecule has 0 spiro atoms. The van der Waals surface area contributed by atoms with Gasteiger partial charge in [-0.15, -0.1) is 0 Å². The van der Waals surface area contributed by atoms with Gasteiger partial charge in [-0.05, 0) is 41.9 Å². The SMILES string of the molecule is CC(=O)C(C)Oc1c(Br)cc(Br)c2cccnc12. The molecule has 1 aromatic carbocycles. The van der Waals surface area contributed by atoms with Crippen molar-refractivity contribution in [2.45, 2.75) is 20.0 Å². The van der Waals surface area contributed by atoms with Crippen molar-refractivity contribution in [1.29, 1.82) is 0 Å². The fourth-order valence-electron chi connectivity index (χ4n) is 1.52. The summed E-state index contributed by atoms with van der Waals surface area (Å²) in [5.74, 6) is 0.574. The van der Waals surface area contributed by atoms with Crippen LogP contribution >= 0.6 is 31.9 Å². The number of carbonyl (C=O) groups is 1. The molecule has 1 heterocycles. The van der Waals surface area contributed by atoms with E-state index in [2.05, 4.69) is 36.8 Å². The van der Waals surface area contributed by atoms with Gasteiger partial charge in [0.25, 0.3) is 0 Å². The third kappa shape index (κ3) is 2.57. The monoisotopic (exact) mass is 371 g/mol. The zero-order valence-corrected chi connectivity index (χ0v) is 13.1. The number of carbonyl (C=O) groups excluding carboxylic acids is 1. The molecule has 5 heteroatoms. The van der Waals surface area contributed by atoms with E-state index in [1.165, 1.54) is 6.92 Å². The van der Waals surface area contributed by atoms with Crippen molar-refractivity contribution in [3.63, 3.8) is 0 Å². The highest BCUT2D eigenvalue weighted by atomic mass is 79.9. The van der Waals surface area contributed by atoms with E-state index < -0.39 is 6.10 Å². The highest BCUT2D eigenvalue weighted by Crippen LogP contribution is 2.37. The first-order valence-electron chi connectivity index (χ1n) is 5.40. The Hall–Kier alpha value is -0.940. The van der Waals surface area contributed by atoms with Gasteiger partial charge in [-0.2, -0.15) is 0 Å². The van der Waals surface area contributed by atoms with Gasteiger partial charge in [0.15, 0.2) is 17.6 Å². The van der Waals surface area contributed by atoms with Gasteiger partial charge < -0.3 is 4.74 Å². The summed E-state index contributed by atoms with van der Waals surface area (Å²) in [6.45, 7) is 3.23. The standard InChI is InChI=1S/C13H11Br2NO2/c1-7(17)8(2)18-13-11(15)6-10(14)9-4-3-5-16-12(9)13/h3-6,8H,1-2H3. The van der Waals surface area contributed by atoms with E-state index in [1.54, 1.807) is 13.1 Å². The number of hydrogen-bond acceptors (Lipinski definition) is 3. The van der Waals surface area contributed by atoms with E-state index in [0.717, 1.165) is 19.8 Å². The number of aromatic nitrogens is 1. The molecule has 0 aliphatic carbocycles. The molecule has 0 bridgehead atoms. The molecule has 2 rings (SSSR count). The Kier molecular flexibility index (Phi) is 4.02. The lowest BCUT2D eigenvalue weighted by Gasteiger charge is -2.15. The molecule has 1 atom stereocenters. The number of hydrogen-bond donors (Lipinski definition) is 0. The molecule has 1 aromatic heterocycles. The van der Waals surface area contributed by atoms with Gasteiger partial charge in [0, 0.05) is 16.1 Å². The van der Waals surface area contributed by atoms with Gasteiger partial charge in [0.1, 0.15) is 5.52 Å². The molecule has 3 nitrogen and oxygen atoms in total. The molecular weight excluding hydrogens is 362 g/mol. The Morgan fingerprint density at radius 1 is 1.39 bits per heavy atom. The van der Waals surface area contributed by atoms with E-state index in [4.69, 9.17) is 4.74 Å². The zero-order valence-electron chi connectivity index (χ0n) is 9.91. The van der Waals surface area contributed by atoms with Gasteiger partial charge in [0.05, 0.1) is 4.47 Å². The largest absolute Gasteiger partial charge is 0.479 e. The topological polar surface area (TPSA) is 39.2 Å². The van der Waals surface area contributed by atoms with Gasteiger partial charge in [0.2, 0.25) is 0 Å². The van der Waals surface area contributed by atoms with Crippen LogP contribution in [0.25, 0.3) is 10.9 Å². The van der Waals surface area contributed by atoms with Crippen LogP contribution in [-0.2, 0) is 4.79 Å². The Balaban J connectivity index is 2.59. The molecule has 0 aliphatic rings. The van der Waals surface area contributed by atoms with Crippen molar-refractivity contribution in [2.75, 3.05) is 0 Å². The number of fused-ring (bicyclic) bond motifs is 1. The van der Waals surface area contributed by atoms with Crippen molar-refractivity contribution in [2.24, 2.45) is 0 Å². The van der Waals surface area contributed by atoms with Crippen LogP contribution in [0, 0.1) is 0 Å². The van der Waals surface area contributed by atoms with Crippen LogP contribution in [-0.4, -0.2) is 16.9 Å². The van der Waals surface area contributed by atoms with Crippen molar-refractivity contribution < 1.29 is 9.53 Å². The number of pyridine rings is 1. The average molecular weight is 373 g/mol. The summed E-state index contributed by atoms with van der Waals surface area (Å²) in [6, 6.07) is 5.70. The number of halogens is 2. The first-order chi connectivity index (χ1) is 8.50. The molecule has 0 saturated heterocycles.